The van der Waals surface area contributed by atoms with E-state index in [0.717, 1.165) is 13.8 Å². The second-order valence-electron chi connectivity index (χ2n) is 1.64. The van der Waals surface area contributed by atoms with Crippen LogP contribution in [0.3, 0.4) is 0 Å². The van der Waals surface area contributed by atoms with E-state index in [9.17, 15) is 4.79 Å². The molecule has 80 valence electrons. The standard InChI is InChI=1S/C2H5NO2.2C2H4O2.Zn/c3-1-2(4)5;2*1-2(3)4;/h1,3H2,(H,4,5);2*1H3,(H,3,4);. The van der Waals surface area contributed by atoms with Crippen molar-refractivity contribution in [3.63, 3.8) is 0 Å². The molecule has 0 aromatic rings. The number of carboxylic acid groups (broad SMARTS) is 3. The molecule has 0 radical (unpaired) electrons. The van der Waals surface area contributed by atoms with E-state index >= 15 is 0 Å². The van der Waals surface area contributed by atoms with E-state index in [-0.39, 0.29) is 26.0 Å². The van der Waals surface area contributed by atoms with Crippen molar-refractivity contribution in [1.29, 1.82) is 0 Å². The van der Waals surface area contributed by atoms with Crippen LogP contribution < -0.4 is 5.73 Å². The molecule has 0 spiro atoms. The number of carbonyl (C=O) groups is 3. The average Bonchev–Trinajstić information content (AvgIpc) is 1.84. The molecule has 0 aromatic heterocycles. The first-order valence-electron chi connectivity index (χ1n) is 3.04. The van der Waals surface area contributed by atoms with Crippen LogP contribution >= 0.6 is 0 Å². The number of nitrogens with two attached hydrogens (primary N) is 1. The normalized spacial score (nSPS) is 6.21. The van der Waals surface area contributed by atoms with Crippen LogP contribution in [-0.2, 0) is 33.9 Å². The minimum atomic E-state index is -0.968. The van der Waals surface area contributed by atoms with Crippen LogP contribution in [0.5, 0.6) is 0 Å². The fraction of sp³-hybridized carbons (Fsp3) is 0.500. The largest absolute Gasteiger partial charge is 0.481 e. The van der Waals surface area contributed by atoms with E-state index in [0.29, 0.717) is 0 Å². The molecule has 0 aliphatic carbocycles. The van der Waals surface area contributed by atoms with E-state index in [4.69, 9.17) is 24.9 Å². The number of aliphatic carboxylic acids is 3. The number of rotatable bonds is 1. The predicted octanol–water partition coefficient (Wildman–Crippen LogP) is -0.791. The Morgan fingerprint density at radius 2 is 1.07 bits per heavy atom. The Morgan fingerprint density at radius 1 is 1.00 bits per heavy atom. The van der Waals surface area contributed by atoms with Gasteiger partial charge in [0.1, 0.15) is 0 Å². The van der Waals surface area contributed by atoms with Gasteiger partial charge in [0.05, 0.1) is 6.54 Å². The van der Waals surface area contributed by atoms with Gasteiger partial charge in [-0.1, -0.05) is 0 Å². The summed E-state index contributed by atoms with van der Waals surface area (Å²) in [6.45, 7) is 1.89. The Kier molecular flexibility index (Phi) is 29.6. The topological polar surface area (TPSA) is 138 Å². The molecule has 0 fully saturated rings. The van der Waals surface area contributed by atoms with Crippen molar-refractivity contribution in [2.45, 2.75) is 13.8 Å². The molecule has 8 heteroatoms. The third-order valence-corrected chi connectivity index (χ3v) is 0.175. The molecule has 0 aliphatic rings. The van der Waals surface area contributed by atoms with Gasteiger partial charge in [-0.05, 0) is 0 Å². The van der Waals surface area contributed by atoms with Gasteiger partial charge in [-0.3, -0.25) is 14.4 Å². The van der Waals surface area contributed by atoms with Crippen LogP contribution in [0.1, 0.15) is 13.8 Å². The van der Waals surface area contributed by atoms with E-state index in [1.54, 1.807) is 0 Å². The summed E-state index contributed by atoms with van der Waals surface area (Å²) in [7, 11) is 0. The first-order valence-corrected chi connectivity index (χ1v) is 3.04. The molecule has 0 aliphatic heterocycles. The molecule has 0 atom stereocenters. The number of hydrogen-bond acceptors (Lipinski definition) is 4. The third kappa shape index (κ3) is 1110. The minimum Gasteiger partial charge on any atom is -0.481 e. The minimum absolute atomic E-state index is 0. The third-order valence-electron chi connectivity index (χ3n) is 0.175. The van der Waals surface area contributed by atoms with Crippen molar-refractivity contribution in [1.82, 2.24) is 0 Å². The number of carboxylic acids is 3. The quantitative estimate of drug-likeness (QED) is 0.453. The molecule has 0 bridgehead atoms. The summed E-state index contributed by atoms with van der Waals surface area (Å²) in [4.78, 5) is 27.2. The molecule has 0 rings (SSSR count). The predicted molar refractivity (Wildman–Crippen MR) is 43.3 cm³/mol. The molecule has 0 heterocycles. The molecule has 0 aromatic carbocycles. The molecule has 0 saturated heterocycles. The Morgan fingerprint density at radius 3 is 1.07 bits per heavy atom. The van der Waals surface area contributed by atoms with Crippen molar-refractivity contribution in [2.24, 2.45) is 5.73 Å². The van der Waals surface area contributed by atoms with E-state index in [1.807, 2.05) is 0 Å². The number of hydrogen-bond donors (Lipinski definition) is 4. The summed E-state index contributed by atoms with van der Waals surface area (Å²) in [5.74, 6) is -2.63. The van der Waals surface area contributed by atoms with Crippen LogP contribution in [0.4, 0.5) is 0 Å². The van der Waals surface area contributed by atoms with Gasteiger partial charge in [-0.25, -0.2) is 0 Å². The monoisotopic (exact) mass is 259 g/mol. The summed E-state index contributed by atoms with van der Waals surface area (Å²) in [6, 6.07) is 0. The van der Waals surface area contributed by atoms with Gasteiger partial charge in [-0.15, -0.1) is 0 Å². The first-order chi connectivity index (χ1) is 5.73. The molecule has 14 heavy (non-hydrogen) atoms. The van der Waals surface area contributed by atoms with Crippen LogP contribution in [0.15, 0.2) is 0 Å². The Labute approximate surface area is 93.7 Å². The average molecular weight is 261 g/mol. The van der Waals surface area contributed by atoms with Gasteiger partial charge in [0, 0.05) is 33.3 Å². The molecular weight excluding hydrogens is 247 g/mol. The van der Waals surface area contributed by atoms with Crippen LogP contribution in [0.25, 0.3) is 0 Å². The zero-order chi connectivity index (χ0) is 11.4. The maximum Gasteiger partial charge on any atom is 0.317 e. The van der Waals surface area contributed by atoms with Gasteiger partial charge >= 0.3 is 5.97 Å². The molecule has 5 N–H and O–H groups in total. The van der Waals surface area contributed by atoms with Crippen LogP contribution in [0.2, 0.25) is 0 Å². The molecule has 0 saturated carbocycles. The van der Waals surface area contributed by atoms with Crippen molar-refractivity contribution < 1.29 is 49.2 Å². The van der Waals surface area contributed by atoms with Crippen molar-refractivity contribution in [2.75, 3.05) is 6.54 Å². The van der Waals surface area contributed by atoms with Crippen molar-refractivity contribution in [3.05, 3.63) is 0 Å². The molecular formula is C6H13NO6Zn. The van der Waals surface area contributed by atoms with Gasteiger partial charge in [0.15, 0.2) is 0 Å². The van der Waals surface area contributed by atoms with Crippen molar-refractivity contribution in [3.8, 4) is 0 Å². The maximum absolute atomic E-state index is 9.24. The van der Waals surface area contributed by atoms with E-state index in [1.165, 1.54) is 0 Å². The summed E-state index contributed by atoms with van der Waals surface area (Å²) >= 11 is 0. The van der Waals surface area contributed by atoms with Crippen molar-refractivity contribution >= 4 is 17.9 Å². The first kappa shape index (κ1) is 23.1. The summed E-state index contributed by atoms with van der Waals surface area (Å²) < 4.78 is 0. The maximum atomic E-state index is 9.24. The zero-order valence-corrected chi connectivity index (χ0v) is 11.0. The van der Waals surface area contributed by atoms with Gasteiger partial charge in [0.25, 0.3) is 11.9 Å². The summed E-state index contributed by atoms with van der Waals surface area (Å²) in [5, 5.41) is 22.4. The summed E-state index contributed by atoms with van der Waals surface area (Å²) in [6.07, 6.45) is 0. The molecule has 7 nitrogen and oxygen atoms in total. The zero-order valence-electron chi connectivity index (χ0n) is 8.06. The van der Waals surface area contributed by atoms with Crippen LogP contribution in [-0.4, -0.2) is 39.8 Å². The SMILES string of the molecule is CC(=O)O.CC(=O)O.NCC(=O)O.[Zn]. The Balaban J connectivity index is -0.0000000522. The van der Waals surface area contributed by atoms with E-state index < -0.39 is 17.9 Å². The smallest absolute Gasteiger partial charge is 0.317 e. The van der Waals surface area contributed by atoms with Gasteiger partial charge in [0.2, 0.25) is 0 Å². The fourth-order valence-corrected chi connectivity index (χ4v) is 0. The second-order valence-corrected chi connectivity index (χ2v) is 1.64. The molecule has 0 unspecified atom stereocenters. The van der Waals surface area contributed by atoms with Gasteiger partial charge < -0.3 is 21.1 Å². The van der Waals surface area contributed by atoms with Crippen LogP contribution in [0, 0.1) is 0 Å². The second kappa shape index (κ2) is 17.9. The Bertz CT molecular complexity index is 152. The summed E-state index contributed by atoms with van der Waals surface area (Å²) in [5.41, 5.74) is 4.57. The fourth-order valence-electron chi connectivity index (χ4n) is 0. The molecule has 0 amide bonds. The Hall–Kier alpha value is -1.01. The van der Waals surface area contributed by atoms with E-state index in [2.05, 4.69) is 5.73 Å². The van der Waals surface area contributed by atoms with Gasteiger partial charge in [-0.2, -0.15) is 0 Å².